The maximum atomic E-state index is 10.6. The van der Waals surface area contributed by atoms with Crippen LogP contribution in [0.5, 0.6) is 0 Å². The Morgan fingerprint density at radius 1 is 1.53 bits per heavy atom. The fourth-order valence-electron chi connectivity index (χ4n) is 1.47. The highest BCUT2D eigenvalue weighted by molar-refractivity contribution is 5.65. The number of carbonyl (C=O) groups excluding carboxylic acids is 1. The number of aromatic nitrogens is 2. The lowest BCUT2D eigenvalue weighted by Crippen LogP contribution is -2.05. The van der Waals surface area contributed by atoms with Crippen LogP contribution < -0.4 is 0 Å². The minimum absolute atomic E-state index is 0.254. The van der Waals surface area contributed by atoms with Crippen LogP contribution in [0.1, 0.15) is 12.7 Å². The second-order valence-electron chi connectivity index (χ2n) is 3.26. The maximum absolute atomic E-state index is 10.6. The monoisotopic (exact) mass is 204 g/mol. The van der Waals surface area contributed by atoms with E-state index in [1.165, 1.54) is 6.92 Å². The van der Waals surface area contributed by atoms with Gasteiger partial charge in [-0.2, -0.15) is 0 Å². The van der Waals surface area contributed by atoms with Gasteiger partial charge in [-0.05, 0) is 12.1 Å². The van der Waals surface area contributed by atoms with Gasteiger partial charge >= 0.3 is 5.97 Å². The molecule has 2 aromatic rings. The van der Waals surface area contributed by atoms with E-state index < -0.39 is 0 Å². The zero-order chi connectivity index (χ0) is 10.7. The van der Waals surface area contributed by atoms with E-state index in [9.17, 15) is 4.79 Å². The number of hydrogen-bond donors (Lipinski definition) is 0. The summed E-state index contributed by atoms with van der Waals surface area (Å²) in [5, 5.41) is 0. The number of nitrogens with zero attached hydrogens (tertiary/aromatic N) is 2. The number of esters is 1. The first-order valence-electron chi connectivity index (χ1n) is 4.82. The van der Waals surface area contributed by atoms with Crippen LogP contribution in [-0.2, 0) is 16.0 Å². The highest BCUT2D eigenvalue weighted by Gasteiger charge is 2.02. The van der Waals surface area contributed by atoms with Crippen LogP contribution in [0.25, 0.3) is 5.52 Å². The first kappa shape index (κ1) is 9.71. The van der Waals surface area contributed by atoms with Crippen molar-refractivity contribution in [1.82, 2.24) is 9.38 Å². The summed E-state index contributed by atoms with van der Waals surface area (Å²) in [6.07, 6.45) is 4.40. The molecular weight excluding hydrogens is 192 g/mol. The van der Waals surface area contributed by atoms with Crippen LogP contribution in [0.2, 0.25) is 0 Å². The zero-order valence-corrected chi connectivity index (χ0v) is 8.51. The predicted molar refractivity (Wildman–Crippen MR) is 55.5 cm³/mol. The van der Waals surface area contributed by atoms with Crippen molar-refractivity contribution in [3.8, 4) is 0 Å². The minimum atomic E-state index is -0.254. The number of imidazole rings is 1. The van der Waals surface area contributed by atoms with E-state index in [0.717, 1.165) is 11.3 Å². The van der Waals surface area contributed by atoms with Gasteiger partial charge in [-0.3, -0.25) is 4.79 Å². The van der Waals surface area contributed by atoms with Gasteiger partial charge in [0.2, 0.25) is 0 Å². The van der Waals surface area contributed by atoms with E-state index in [4.69, 9.17) is 4.74 Å². The first-order chi connectivity index (χ1) is 7.27. The summed E-state index contributed by atoms with van der Waals surface area (Å²) < 4.78 is 6.86. The summed E-state index contributed by atoms with van der Waals surface area (Å²) in [7, 11) is 0. The lowest BCUT2D eigenvalue weighted by atomic mass is 10.4. The molecule has 2 aromatic heterocycles. The topological polar surface area (TPSA) is 43.6 Å². The molecule has 0 N–H and O–H groups in total. The third kappa shape index (κ3) is 2.15. The molecule has 0 aliphatic carbocycles. The van der Waals surface area contributed by atoms with Crippen molar-refractivity contribution in [3.63, 3.8) is 0 Å². The van der Waals surface area contributed by atoms with E-state index in [1.54, 1.807) is 0 Å². The van der Waals surface area contributed by atoms with E-state index in [-0.39, 0.29) is 5.97 Å². The molecule has 2 heterocycles. The quantitative estimate of drug-likeness (QED) is 0.710. The van der Waals surface area contributed by atoms with Crippen molar-refractivity contribution in [2.75, 3.05) is 6.61 Å². The molecule has 4 nitrogen and oxygen atoms in total. The fourth-order valence-corrected chi connectivity index (χ4v) is 1.47. The highest BCUT2D eigenvalue weighted by Crippen LogP contribution is 2.06. The molecule has 0 radical (unpaired) electrons. The smallest absolute Gasteiger partial charge is 0.302 e. The van der Waals surface area contributed by atoms with Gasteiger partial charge in [-0.25, -0.2) is 4.98 Å². The van der Waals surface area contributed by atoms with Crippen molar-refractivity contribution in [1.29, 1.82) is 0 Å². The van der Waals surface area contributed by atoms with Crippen LogP contribution in [0, 0.1) is 0 Å². The summed E-state index contributed by atoms with van der Waals surface area (Å²) >= 11 is 0. The Bertz CT molecular complexity index is 476. The summed E-state index contributed by atoms with van der Waals surface area (Å²) in [4.78, 5) is 14.9. The number of ether oxygens (including phenoxy) is 1. The van der Waals surface area contributed by atoms with Crippen molar-refractivity contribution in [3.05, 3.63) is 36.4 Å². The van der Waals surface area contributed by atoms with Crippen LogP contribution in [0.3, 0.4) is 0 Å². The molecule has 78 valence electrons. The Balaban J connectivity index is 2.11. The van der Waals surface area contributed by atoms with E-state index >= 15 is 0 Å². The molecule has 0 spiro atoms. The van der Waals surface area contributed by atoms with E-state index in [2.05, 4.69) is 4.98 Å². The minimum Gasteiger partial charge on any atom is -0.465 e. The van der Waals surface area contributed by atoms with Gasteiger partial charge in [-0.1, -0.05) is 6.07 Å². The molecule has 0 saturated carbocycles. The molecule has 0 aliphatic heterocycles. The Morgan fingerprint density at radius 2 is 2.40 bits per heavy atom. The van der Waals surface area contributed by atoms with Crippen molar-refractivity contribution >= 4 is 11.5 Å². The van der Waals surface area contributed by atoms with Crippen molar-refractivity contribution in [2.45, 2.75) is 13.3 Å². The van der Waals surface area contributed by atoms with Crippen LogP contribution in [0.4, 0.5) is 0 Å². The number of hydrogen-bond acceptors (Lipinski definition) is 3. The molecule has 0 aliphatic rings. The Kier molecular flexibility index (Phi) is 2.67. The van der Waals surface area contributed by atoms with E-state index in [1.807, 2.05) is 35.0 Å². The first-order valence-corrected chi connectivity index (χ1v) is 4.82. The predicted octanol–water partition coefficient (Wildman–Crippen LogP) is 1.44. The second kappa shape index (κ2) is 4.13. The molecule has 4 heteroatoms. The standard InChI is InChI=1S/C11H12N2O2/c1-9(14)15-7-5-11-12-8-10-4-2-3-6-13(10)11/h2-4,6,8H,5,7H2,1H3. The zero-order valence-electron chi connectivity index (χ0n) is 8.51. The van der Waals surface area contributed by atoms with Crippen LogP contribution in [0.15, 0.2) is 30.6 Å². The van der Waals surface area contributed by atoms with E-state index in [0.29, 0.717) is 13.0 Å². The normalized spacial score (nSPS) is 10.5. The molecule has 0 atom stereocenters. The number of pyridine rings is 1. The van der Waals surface area contributed by atoms with Gasteiger partial charge in [0.15, 0.2) is 0 Å². The molecule has 2 rings (SSSR count). The number of carbonyl (C=O) groups is 1. The Morgan fingerprint density at radius 3 is 3.20 bits per heavy atom. The molecule has 0 amide bonds. The Labute approximate surface area is 87.5 Å². The molecule has 0 aromatic carbocycles. The molecule has 0 fully saturated rings. The summed E-state index contributed by atoms with van der Waals surface area (Å²) in [5.74, 6) is 0.655. The summed E-state index contributed by atoms with van der Waals surface area (Å²) in [6, 6.07) is 5.90. The lowest BCUT2D eigenvalue weighted by molar-refractivity contribution is -0.140. The third-order valence-electron chi connectivity index (χ3n) is 2.15. The maximum Gasteiger partial charge on any atom is 0.302 e. The fraction of sp³-hybridized carbons (Fsp3) is 0.273. The van der Waals surface area contributed by atoms with Gasteiger partial charge in [0, 0.05) is 19.5 Å². The van der Waals surface area contributed by atoms with Gasteiger partial charge in [0.05, 0.1) is 18.3 Å². The summed E-state index contributed by atoms with van der Waals surface area (Å²) in [6.45, 7) is 1.78. The number of rotatable bonds is 3. The average Bonchev–Trinajstić information content (AvgIpc) is 2.62. The Hall–Kier alpha value is -1.84. The molecular formula is C11H12N2O2. The van der Waals surface area contributed by atoms with Crippen molar-refractivity contribution < 1.29 is 9.53 Å². The van der Waals surface area contributed by atoms with Crippen molar-refractivity contribution in [2.24, 2.45) is 0 Å². The largest absolute Gasteiger partial charge is 0.465 e. The van der Waals surface area contributed by atoms with Crippen LogP contribution in [-0.4, -0.2) is 22.0 Å². The van der Waals surface area contributed by atoms with Gasteiger partial charge in [0.1, 0.15) is 5.82 Å². The molecule has 15 heavy (non-hydrogen) atoms. The highest BCUT2D eigenvalue weighted by atomic mass is 16.5. The molecule has 0 unspecified atom stereocenters. The van der Waals surface area contributed by atoms with Gasteiger partial charge in [-0.15, -0.1) is 0 Å². The molecule has 0 bridgehead atoms. The summed E-state index contributed by atoms with van der Waals surface area (Å²) in [5.41, 5.74) is 1.05. The SMILES string of the molecule is CC(=O)OCCc1ncc2ccccn12. The average molecular weight is 204 g/mol. The van der Waals surface area contributed by atoms with Gasteiger partial charge < -0.3 is 9.14 Å². The van der Waals surface area contributed by atoms with Crippen LogP contribution >= 0.6 is 0 Å². The van der Waals surface area contributed by atoms with Gasteiger partial charge in [0.25, 0.3) is 0 Å². The number of fused-ring (bicyclic) bond motifs is 1. The lowest BCUT2D eigenvalue weighted by Gasteiger charge is -2.01. The second-order valence-corrected chi connectivity index (χ2v) is 3.26. The third-order valence-corrected chi connectivity index (χ3v) is 2.15. The molecule has 0 saturated heterocycles.